The minimum Gasteiger partial charge on any atom is -0.489 e. The first kappa shape index (κ1) is 29.3. The van der Waals surface area contributed by atoms with Crippen LogP contribution in [-0.2, 0) is 25.7 Å². The van der Waals surface area contributed by atoms with Gasteiger partial charge < -0.3 is 30.2 Å². The molecule has 1 aliphatic heterocycles. The Balaban J connectivity index is 1.16. The highest BCUT2D eigenvalue weighted by molar-refractivity contribution is 6.01. The number of carbonyl (C=O) groups excluding carboxylic acids is 2. The minimum atomic E-state index is -2.04. The molecule has 4 fully saturated rings. The van der Waals surface area contributed by atoms with E-state index in [1.165, 1.54) is 12.2 Å². The van der Waals surface area contributed by atoms with Crippen LogP contribution < -0.4 is 10.5 Å². The molecule has 1 saturated heterocycles. The molecule has 2 aromatic rings. The Hall–Kier alpha value is -3.37. The van der Waals surface area contributed by atoms with E-state index >= 15 is 4.39 Å². The SMILES string of the molecule is C[C@]12C=CC(=O)C=C1CC[C@H]1[C@@H]3C[C@H]4O[C@H](c5ccc(COc6cccc(N)c6)cc5)O[C@@]4(C(=O)CO)[C@@]3(C)C[C@H](O)[C@@]12F. The smallest absolute Gasteiger partial charge is 0.193 e. The van der Waals surface area contributed by atoms with Crippen LogP contribution in [0.2, 0.25) is 0 Å². The number of ketones is 2. The summed E-state index contributed by atoms with van der Waals surface area (Å²) in [6, 6.07) is 14.7. The lowest BCUT2D eigenvalue weighted by atomic mass is 9.44. The van der Waals surface area contributed by atoms with Crippen molar-refractivity contribution in [1.82, 2.24) is 0 Å². The van der Waals surface area contributed by atoms with Crippen molar-refractivity contribution in [3.05, 3.63) is 83.5 Å². The highest BCUT2D eigenvalue weighted by Gasteiger charge is 2.79. The zero-order valence-corrected chi connectivity index (χ0v) is 24.9. The number of nitrogen functional groups attached to an aromatic ring is 1. The summed E-state index contributed by atoms with van der Waals surface area (Å²) in [6.07, 6.45) is 2.72. The second-order valence-electron chi connectivity index (χ2n) is 13.5. The van der Waals surface area contributed by atoms with Gasteiger partial charge in [0.15, 0.2) is 29.1 Å². The van der Waals surface area contributed by atoms with Crippen molar-refractivity contribution in [3.63, 3.8) is 0 Å². The molecule has 0 bridgehead atoms. The van der Waals surface area contributed by atoms with Gasteiger partial charge in [-0.15, -0.1) is 0 Å². The molecule has 44 heavy (non-hydrogen) atoms. The van der Waals surface area contributed by atoms with Crippen molar-refractivity contribution in [3.8, 4) is 5.75 Å². The second kappa shape index (κ2) is 10.1. The first-order valence-corrected chi connectivity index (χ1v) is 15.3. The maximum absolute atomic E-state index is 17.5. The number of aliphatic hydroxyl groups is 2. The van der Waals surface area contributed by atoms with Gasteiger partial charge in [0.2, 0.25) is 0 Å². The maximum Gasteiger partial charge on any atom is 0.193 e. The second-order valence-corrected chi connectivity index (χ2v) is 13.5. The van der Waals surface area contributed by atoms with Crippen molar-refractivity contribution in [2.45, 2.75) is 75.9 Å². The van der Waals surface area contributed by atoms with E-state index < -0.39 is 58.9 Å². The first-order valence-electron chi connectivity index (χ1n) is 15.3. The van der Waals surface area contributed by atoms with Crippen LogP contribution in [0.4, 0.5) is 10.1 Å². The standard InChI is InChI=1S/C35H38FNO7/c1-32-13-12-24(39)14-22(32)10-11-26-27-16-30-35(29(41)18-38,33(27,2)17-28(40)34(26,32)36)44-31(43-30)21-8-6-20(7-9-21)19-42-25-5-3-4-23(37)15-25/h3-9,12-15,26-28,30-31,38,40H,10-11,16-19,37H2,1-2H3/t26-,27-,28-,30+,31-,32-,33-,34-,35+/m0/s1. The number of ether oxygens (including phenoxy) is 3. The van der Waals surface area contributed by atoms with Crippen LogP contribution in [0, 0.1) is 22.7 Å². The van der Waals surface area contributed by atoms with Gasteiger partial charge in [-0.05, 0) is 68.4 Å². The third kappa shape index (κ3) is 3.89. The van der Waals surface area contributed by atoms with E-state index in [1.807, 2.05) is 43.3 Å². The topological polar surface area (TPSA) is 128 Å². The molecule has 4 N–H and O–H groups in total. The van der Waals surface area contributed by atoms with Gasteiger partial charge in [0, 0.05) is 34.1 Å². The molecule has 5 aliphatic rings. The summed E-state index contributed by atoms with van der Waals surface area (Å²) in [6.45, 7) is 3.21. The Morgan fingerprint density at radius 2 is 1.93 bits per heavy atom. The van der Waals surface area contributed by atoms with Crippen LogP contribution in [0.1, 0.15) is 56.9 Å². The Morgan fingerprint density at radius 1 is 1.16 bits per heavy atom. The fourth-order valence-corrected chi connectivity index (χ4v) is 9.26. The molecule has 9 atom stereocenters. The van der Waals surface area contributed by atoms with Crippen LogP contribution in [0.15, 0.2) is 72.3 Å². The highest BCUT2D eigenvalue weighted by Crippen LogP contribution is 2.72. The Labute approximate surface area is 255 Å². The summed E-state index contributed by atoms with van der Waals surface area (Å²) in [4.78, 5) is 25.9. The van der Waals surface area contributed by atoms with Gasteiger partial charge in [0.05, 0.1) is 12.2 Å². The van der Waals surface area contributed by atoms with Crippen LogP contribution in [0.5, 0.6) is 5.75 Å². The van der Waals surface area contributed by atoms with E-state index in [1.54, 1.807) is 25.1 Å². The highest BCUT2D eigenvalue weighted by atomic mass is 19.1. The first-order chi connectivity index (χ1) is 21.0. The quantitative estimate of drug-likeness (QED) is 0.411. The molecule has 3 saturated carbocycles. The van der Waals surface area contributed by atoms with E-state index in [4.69, 9.17) is 19.9 Å². The Bertz CT molecular complexity index is 1570. The summed E-state index contributed by atoms with van der Waals surface area (Å²) >= 11 is 0. The molecule has 9 heteroatoms. The van der Waals surface area contributed by atoms with Gasteiger partial charge in [0.1, 0.15) is 19.0 Å². The average molecular weight is 604 g/mol. The molecule has 4 aliphatic carbocycles. The third-order valence-corrected chi connectivity index (χ3v) is 11.5. The lowest BCUT2D eigenvalue weighted by Crippen LogP contribution is -2.69. The molecule has 2 aromatic carbocycles. The molecule has 0 radical (unpaired) electrons. The molecule has 0 spiro atoms. The summed E-state index contributed by atoms with van der Waals surface area (Å²) in [7, 11) is 0. The van der Waals surface area contributed by atoms with Crippen molar-refractivity contribution in [1.29, 1.82) is 0 Å². The number of anilines is 1. The number of aliphatic hydroxyl groups excluding tert-OH is 2. The van der Waals surface area contributed by atoms with Gasteiger partial charge in [0.25, 0.3) is 0 Å². The Morgan fingerprint density at radius 3 is 2.66 bits per heavy atom. The number of fused-ring (bicyclic) bond motifs is 7. The van der Waals surface area contributed by atoms with Crippen LogP contribution in [-0.4, -0.2) is 51.9 Å². The number of rotatable bonds is 6. The fourth-order valence-electron chi connectivity index (χ4n) is 9.26. The number of allylic oxidation sites excluding steroid dienone is 4. The molecule has 8 nitrogen and oxygen atoms in total. The largest absolute Gasteiger partial charge is 0.489 e. The number of alkyl halides is 1. The van der Waals surface area contributed by atoms with E-state index in [0.29, 0.717) is 48.4 Å². The van der Waals surface area contributed by atoms with Crippen molar-refractivity contribution in [2.75, 3.05) is 12.3 Å². The zero-order chi connectivity index (χ0) is 31.1. The van der Waals surface area contributed by atoms with E-state index in [9.17, 15) is 19.8 Å². The molecule has 0 unspecified atom stereocenters. The van der Waals surface area contributed by atoms with Crippen molar-refractivity contribution < 1.29 is 38.4 Å². The predicted octanol–water partition coefficient (Wildman–Crippen LogP) is 4.54. The lowest BCUT2D eigenvalue weighted by Gasteiger charge is -2.62. The molecule has 1 heterocycles. The Kier molecular flexibility index (Phi) is 6.72. The van der Waals surface area contributed by atoms with Crippen LogP contribution in [0.3, 0.4) is 0 Å². The normalized spacial score (nSPS) is 40.4. The summed E-state index contributed by atoms with van der Waals surface area (Å²) in [5.74, 6) is -0.988. The number of hydrogen-bond acceptors (Lipinski definition) is 8. The number of Topliss-reactive ketones (excluding diaryl/α,β-unsaturated/α-hetero) is 1. The van der Waals surface area contributed by atoms with Crippen LogP contribution in [0.25, 0.3) is 0 Å². The van der Waals surface area contributed by atoms with Gasteiger partial charge >= 0.3 is 0 Å². The summed E-state index contributed by atoms with van der Waals surface area (Å²) in [5.41, 5.74) is 3.03. The van der Waals surface area contributed by atoms with Gasteiger partial charge in [-0.2, -0.15) is 0 Å². The molecular weight excluding hydrogens is 565 g/mol. The lowest BCUT2D eigenvalue weighted by molar-refractivity contribution is -0.231. The number of benzene rings is 2. The summed E-state index contributed by atoms with van der Waals surface area (Å²) < 4.78 is 36.4. The number of nitrogens with two attached hydrogens (primary N) is 1. The zero-order valence-electron chi connectivity index (χ0n) is 24.9. The fraction of sp³-hybridized carbons (Fsp3) is 0.486. The van der Waals surface area contributed by atoms with E-state index in [-0.39, 0.29) is 18.1 Å². The van der Waals surface area contributed by atoms with E-state index in [0.717, 1.165) is 5.56 Å². The number of carbonyl (C=O) groups is 2. The molecule has 7 rings (SSSR count). The number of halogens is 1. The molecule has 232 valence electrons. The predicted molar refractivity (Wildman–Crippen MR) is 159 cm³/mol. The maximum atomic E-state index is 17.5. The third-order valence-electron chi connectivity index (χ3n) is 11.5. The monoisotopic (exact) mass is 603 g/mol. The van der Waals surface area contributed by atoms with Crippen LogP contribution >= 0.6 is 0 Å². The van der Waals surface area contributed by atoms with E-state index in [2.05, 4.69) is 0 Å². The molecule has 0 aromatic heterocycles. The van der Waals surface area contributed by atoms with Crippen molar-refractivity contribution in [2.24, 2.45) is 22.7 Å². The van der Waals surface area contributed by atoms with Gasteiger partial charge in [-0.1, -0.05) is 48.9 Å². The van der Waals surface area contributed by atoms with Gasteiger partial charge in [-0.25, -0.2) is 4.39 Å². The average Bonchev–Trinajstić information content (AvgIpc) is 3.50. The molecular formula is C35H38FNO7. The number of hydrogen-bond donors (Lipinski definition) is 3. The molecule has 0 amide bonds. The minimum absolute atomic E-state index is 0.0477. The van der Waals surface area contributed by atoms with Crippen molar-refractivity contribution >= 4 is 17.3 Å². The summed E-state index contributed by atoms with van der Waals surface area (Å²) in [5, 5.41) is 21.9. The van der Waals surface area contributed by atoms with Gasteiger partial charge in [-0.3, -0.25) is 9.59 Å².